The van der Waals surface area contributed by atoms with Crippen LogP contribution in [0, 0.1) is 12.8 Å². The summed E-state index contributed by atoms with van der Waals surface area (Å²) in [5, 5.41) is 5.66. The molecule has 1 aromatic heterocycles. The second-order valence-corrected chi connectivity index (χ2v) is 8.21. The Kier molecular flexibility index (Phi) is 6.44. The molecule has 0 spiro atoms. The lowest BCUT2D eigenvalue weighted by molar-refractivity contribution is -0.133. The van der Waals surface area contributed by atoms with E-state index in [0.29, 0.717) is 54.1 Å². The lowest BCUT2D eigenvalue weighted by atomic mass is 9.89. The normalized spacial score (nSPS) is 16.0. The van der Waals surface area contributed by atoms with Crippen molar-refractivity contribution in [3.05, 3.63) is 64.1 Å². The molecule has 3 aromatic rings. The van der Waals surface area contributed by atoms with E-state index in [1.54, 1.807) is 42.3 Å². The van der Waals surface area contributed by atoms with Crippen molar-refractivity contribution in [2.75, 3.05) is 27.3 Å². The van der Waals surface area contributed by atoms with E-state index in [4.69, 9.17) is 9.47 Å². The summed E-state index contributed by atoms with van der Waals surface area (Å²) in [6.45, 7) is 2.53. The minimum absolute atomic E-state index is 0.0368. The van der Waals surface area contributed by atoms with E-state index >= 15 is 0 Å². The van der Waals surface area contributed by atoms with Crippen LogP contribution in [0.25, 0.3) is 10.8 Å². The number of hydrogen-bond donors (Lipinski definition) is 0. The van der Waals surface area contributed by atoms with Crippen LogP contribution in [0.4, 0.5) is 0 Å². The maximum atomic E-state index is 13.1. The van der Waals surface area contributed by atoms with Crippen molar-refractivity contribution in [1.29, 1.82) is 0 Å². The SMILES string of the molecule is COc1ccc(C(=O)C2CCCN(C(=O)Cn3nc(C)c4ccccc4c3=O)C2)cc1OC. The van der Waals surface area contributed by atoms with Crippen LogP contribution in [0.1, 0.15) is 28.9 Å². The maximum absolute atomic E-state index is 13.1. The number of methoxy groups -OCH3 is 2. The first-order chi connectivity index (χ1) is 15.9. The van der Waals surface area contributed by atoms with Crippen LogP contribution in [0.3, 0.4) is 0 Å². The summed E-state index contributed by atoms with van der Waals surface area (Å²) in [5.74, 6) is 0.473. The first-order valence-electron chi connectivity index (χ1n) is 10.9. The third kappa shape index (κ3) is 4.46. The van der Waals surface area contributed by atoms with Crippen molar-refractivity contribution in [1.82, 2.24) is 14.7 Å². The second-order valence-electron chi connectivity index (χ2n) is 8.21. The second kappa shape index (κ2) is 9.44. The molecular formula is C25H27N3O5. The molecule has 8 nitrogen and oxygen atoms in total. The van der Waals surface area contributed by atoms with Gasteiger partial charge in [0.2, 0.25) is 5.91 Å². The number of likely N-dealkylation sites (tertiary alicyclic amines) is 1. The molecule has 0 N–H and O–H groups in total. The highest BCUT2D eigenvalue weighted by atomic mass is 16.5. The van der Waals surface area contributed by atoms with E-state index < -0.39 is 0 Å². The van der Waals surface area contributed by atoms with Gasteiger partial charge in [0.05, 0.1) is 25.3 Å². The molecule has 33 heavy (non-hydrogen) atoms. The molecule has 1 unspecified atom stereocenters. The number of aryl methyl sites for hydroxylation is 1. The average molecular weight is 450 g/mol. The molecule has 8 heteroatoms. The number of benzene rings is 2. The van der Waals surface area contributed by atoms with Gasteiger partial charge in [0.15, 0.2) is 17.3 Å². The summed E-state index contributed by atoms with van der Waals surface area (Å²) >= 11 is 0. The summed E-state index contributed by atoms with van der Waals surface area (Å²) in [7, 11) is 3.07. The molecule has 1 atom stereocenters. The minimum atomic E-state index is -0.316. The minimum Gasteiger partial charge on any atom is -0.493 e. The fourth-order valence-electron chi connectivity index (χ4n) is 4.38. The Morgan fingerprint density at radius 3 is 2.52 bits per heavy atom. The molecule has 0 radical (unpaired) electrons. The van der Waals surface area contributed by atoms with Gasteiger partial charge in [0.25, 0.3) is 5.56 Å². The molecule has 0 saturated carbocycles. The smallest absolute Gasteiger partial charge is 0.275 e. The highest BCUT2D eigenvalue weighted by Crippen LogP contribution is 2.30. The van der Waals surface area contributed by atoms with Crippen molar-refractivity contribution in [2.45, 2.75) is 26.3 Å². The first kappa shape index (κ1) is 22.5. The van der Waals surface area contributed by atoms with Gasteiger partial charge in [-0.1, -0.05) is 18.2 Å². The van der Waals surface area contributed by atoms with Gasteiger partial charge in [-0.05, 0) is 44.0 Å². The van der Waals surface area contributed by atoms with Crippen LogP contribution in [-0.4, -0.2) is 53.7 Å². The largest absolute Gasteiger partial charge is 0.493 e. The Hall–Kier alpha value is -3.68. The quantitative estimate of drug-likeness (QED) is 0.538. The monoisotopic (exact) mass is 449 g/mol. The molecule has 0 bridgehead atoms. The number of hydrogen-bond acceptors (Lipinski definition) is 6. The van der Waals surface area contributed by atoms with E-state index in [2.05, 4.69) is 5.10 Å². The Balaban J connectivity index is 1.50. The maximum Gasteiger partial charge on any atom is 0.275 e. The highest BCUT2D eigenvalue weighted by Gasteiger charge is 2.30. The number of Topliss-reactive ketones (excluding diaryl/α,β-unsaturated/α-hetero) is 1. The average Bonchev–Trinajstić information content (AvgIpc) is 2.86. The Labute approximate surface area is 191 Å². The van der Waals surface area contributed by atoms with Gasteiger partial charge < -0.3 is 14.4 Å². The molecule has 2 aromatic carbocycles. The topological polar surface area (TPSA) is 90.7 Å². The number of fused-ring (bicyclic) bond motifs is 1. The molecule has 1 saturated heterocycles. The number of aromatic nitrogens is 2. The highest BCUT2D eigenvalue weighted by molar-refractivity contribution is 5.99. The number of rotatable bonds is 6. The Morgan fingerprint density at radius 1 is 1.06 bits per heavy atom. The molecule has 0 aliphatic carbocycles. The number of ether oxygens (including phenoxy) is 2. The van der Waals surface area contributed by atoms with E-state index in [1.165, 1.54) is 11.8 Å². The van der Waals surface area contributed by atoms with Gasteiger partial charge in [-0.3, -0.25) is 14.4 Å². The van der Waals surface area contributed by atoms with Crippen LogP contribution in [-0.2, 0) is 11.3 Å². The molecule has 2 heterocycles. The van der Waals surface area contributed by atoms with E-state index in [0.717, 1.165) is 5.39 Å². The van der Waals surface area contributed by atoms with Crippen LogP contribution in [0.2, 0.25) is 0 Å². The summed E-state index contributed by atoms with van der Waals surface area (Å²) in [5.41, 5.74) is 0.924. The predicted molar refractivity (Wildman–Crippen MR) is 124 cm³/mol. The molecule has 1 amide bonds. The van der Waals surface area contributed by atoms with Crippen molar-refractivity contribution in [3.8, 4) is 11.5 Å². The van der Waals surface area contributed by atoms with Crippen molar-refractivity contribution < 1.29 is 19.1 Å². The zero-order valence-corrected chi connectivity index (χ0v) is 19.0. The number of carbonyl (C=O) groups is 2. The summed E-state index contributed by atoms with van der Waals surface area (Å²) < 4.78 is 11.8. The molecule has 4 rings (SSSR count). The third-order valence-electron chi connectivity index (χ3n) is 6.15. The molecule has 1 aliphatic rings. The summed E-state index contributed by atoms with van der Waals surface area (Å²) in [6.07, 6.45) is 1.42. The Morgan fingerprint density at radius 2 is 1.79 bits per heavy atom. The number of amides is 1. The number of carbonyl (C=O) groups excluding carboxylic acids is 2. The predicted octanol–water partition coefficient (Wildman–Crippen LogP) is 2.84. The van der Waals surface area contributed by atoms with E-state index in [1.807, 2.05) is 19.1 Å². The fourth-order valence-corrected chi connectivity index (χ4v) is 4.38. The molecule has 1 aliphatic heterocycles. The third-order valence-corrected chi connectivity index (χ3v) is 6.15. The van der Waals surface area contributed by atoms with Gasteiger partial charge >= 0.3 is 0 Å². The number of piperidine rings is 1. The van der Waals surface area contributed by atoms with Crippen LogP contribution in [0.15, 0.2) is 47.3 Å². The summed E-state index contributed by atoms with van der Waals surface area (Å²) in [4.78, 5) is 40.7. The number of nitrogens with zero attached hydrogens (tertiary/aromatic N) is 3. The van der Waals surface area contributed by atoms with Crippen molar-refractivity contribution >= 4 is 22.5 Å². The lowest BCUT2D eigenvalue weighted by Crippen LogP contribution is -2.45. The fraction of sp³-hybridized carbons (Fsp3) is 0.360. The van der Waals surface area contributed by atoms with Crippen molar-refractivity contribution in [2.24, 2.45) is 5.92 Å². The lowest BCUT2D eigenvalue weighted by Gasteiger charge is -2.32. The van der Waals surface area contributed by atoms with Gasteiger partial charge in [-0.15, -0.1) is 0 Å². The molecule has 172 valence electrons. The van der Waals surface area contributed by atoms with Crippen molar-refractivity contribution in [3.63, 3.8) is 0 Å². The van der Waals surface area contributed by atoms with Crippen LogP contribution in [0.5, 0.6) is 11.5 Å². The van der Waals surface area contributed by atoms with E-state index in [-0.39, 0.29) is 29.7 Å². The molecular weight excluding hydrogens is 422 g/mol. The van der Waals surface area contributed by atoms with Gasteiger partial charge in [0, 0.05) is 30.0 Å². The first-order valence-corrected chi connectivity index (χ1v) is 10.9. The Bertz CT molecular complexity index is 1270. The van der Waals surface area contributed by atoms with Gasteiger partial charge in [-0.2, -0.15) is 5.10 Å². The zero-order chi connectivity index (χ0) is 23.5. The van der Waals surface area contributed by atoms with Gasteiger partial charge in [0.1, 0.15) is 6.54 Å². The van der Waals surface area contributed by atoms with E-state index in [9.17, 15) is 14.4 Å². The standard InChI is InChI=1S/C25H27N3O5/c1-16-19-8-4-5-9-20(19)25(31)28(26-16)15-23(29)27-12-6-7-18(14-27)24(30)17-10-11-21(32-2)22(13-17)33-3/h4-5,8-11,13,18H,6-7,12,14-15H2,1-3H3. The summed E-state index contributed by atoms with van der Waals surface area (Å²) in [6, 6.07) is 12.3. The van der Waals surface area contributed by atoms with Crippen LogP contribution >= 0.6 is 0 Å². The molecule has 1 fully saturated rings. The van der Waals surface area contributed by atoms with Gasteiger partial charge in [-0.25, -0.2) is 4.68 Å². The van der Waals surface area contributed by atoms with Crippen LogP contribution < -0.4 is 15.0 Å². The zero-order valence-electron chi connectivity index (χ0n) is 19.0. The number of ketones is 1.